The molecule has 0 saturated heterocycles. The van der Waals surface area contributed by atoms with E-state index in [0.29, 0.717) is 26.1 Å². The lowest BCUT2D eigenvalue weighted by molar-refractivity contribution is -0.118. The summed E-state index contributed by atoms with van der Waals surface area (Å²) in [6.07, 6.45) is 3.53. The van der Waals surface area contributed by atoms with Gasteiger partial charge >= 0.3 is 5.69 Å². The van der Waals surface area contributed by atoms with Gasteiger partial charge in [-0.15, -0.1) is 23.1 Å². The molecule has 2 N–H and O–H groups in total. The molecular formula is C18H14N4O3S2. The molecule has 7 nitrogen and oxygen atoms in total. The predicted octanol–water partition coefficient (Wildman–Crippen LogP) is 1.97. The molecule has 0 aliphatic heterocycles. The minimum Gasteiger partial charge on any atom is -0.368 e. The van der Waals surface area contributed by atoms with Crippen molar-refractivity contribution >= 4 is 49.4 Å². The Hall–Kier alpha value is -2.91. The van der Waals surface area contributed by atoms with Gasteiger partial charge in [-0.2, -0.15) is 0 Å². The Morgan fingerprint density at radius 1 is 1.26 bits per heavy atom. The van der Waals surface area contributed by atoms with Gasteiger partial charge in [0.15, 0.2) is 0 Å². The summed E-state index contributed by atoms with van der Waals surface area (Å²) in [6, 6.07) is 10.6. The summed E-state index contributed by atoms with van der Waals surface area (Å²) in [5.41, 5.74) is 5.18. The number of thiophene rings is 1. The van der Waals surface area contributed by atoms with Crippen LogP contribution in [0.5, 0.6) is 0 Å². The second-order valence-corrected chi connectivity index (χ2v) is 7.69. The van der Waals surface area contributed by atoms with Crippen molar-refractivity contribution in [2.24, 2.45) is 5.73 Å². The van der Waals surface area contributed by atoms with Crippen LogP contribution in [0.25, 0.3) is 26.1 Å². The first-order valence-electron chi connectivity index (χ1n) is 7.97. The fourth-order valence-corrected chi connectivity index (χ4v) is 4.55. The van der Waals surface area contributed by atoms with Gasteiger partial charge in [0.2, 0.25) is 5.91 Å². The highest BCUT2D eigenvalue weighted by Crippen LogP contribution is 2.29. The highest BCUT2D eigenvalue weighted by molar-refractivity contribution is 7.98. The number of pyridine rings is 1. The van der Waals surface area contributed by atoms with E-state index in [1.165, 1.54) is 27.7 Å². The highest BCUT2D eigenvalue weighted by Gasteiger charge is 2.20. The first kappa shape index (κ1) is 17.5. The maximum Gasteiger partial charge on any atom is 0.336 e. The van der Waals surface area contributed by atoms with Crippen LogP contribution in [0.1, 0.15) is 0 Å². The van der Waals surface area contributed by atoms with Crippen molar-refractivity contribution in [3.63, 3.8) is 0 Å². The molecule has 1 aromatic carbocycles. The van der Waals surface area contributed by atoms with E-state index < -0.39 is 17.2 Å². The molecule has 0 bridgehead atoms. The first-order chi connectivity index (χ1) is 13.0. The third kappa shape index (κ3) is 2.84. The largest absolute Gasteiger partial charge is 0.368 e. The van der Waals surface area contributed by atoms with Gasteiger partial charge in [-0.3, -0.25) is 14.2 Å². The summed E-state index contributed by atoms with van der Waals surface area (Å²) >= 11 is 2.70. The van der Waals surface area contributed by atoms with Crippen molar-refractivity contribution in [2.45, 2.75) is 11.4 Å². The summed E-state index contributed by atoms with van der Waals surface area (Å²) in [4.78, 5) is 43.8. The third-order valence-corrected chi connectivity index (χ3v) is 5.97. The molecule has 0 radical (unpaired) electrons. The normalized spacial score (nSPS) is 11.3. The molecule has 0 aliphatic rings. The summed E-state index contributed by atoms with van der Waals surface area (Å²) in [6.45, 7) is -0.321. The van der Waals surface area contributed by atoms with Gasteiger partial charge < -0.3 is 5.73 Å². The number of hydrogen-bond acceptors (Lipinski definition) is 6. The van der Waals surface area contributed by atoms with Crippen LogP contribution < -0.4 is 17.0 Å². The van der Waals surface area contributed by atoms with Crippen LogP contribution in [0, 0.1) is 0 Å². The number of aromatic nitrogens is 3. The average Bonchev–Trinajstić information content (AvgIpc) is 3.05. The molecule has 1 amide bonds. The smallest absolute Gasteiger partial charge is 0.336 e. The maximum atomic E-state index is 13.2. The molecule has 9 heteroatoms. The molecule has 0 atom stereocenters. The summed E-state index contributed by atoms with van der Waals surface area (Å²) in [7, 11) is 0. The number of rotatable bonds is 4. The molecule has 4 aromatic rings. The van der Waals surface area contributed by atoms with Crippen molar-refractivity contribution in [3.8, 4) is 5.69 Å². The number of thioether (sulfide) groups is 1. The Kier molecular flexibility index (Phi) is 4.33. The van der Waals surface area contributed by atoms with Crippen molar-refractivity contribution in [2.75, 3.05) is 6.26 Å². The minimum absolute atomic E-state index is 0.321. The number of nitrogens with two attached hydrogens (primary N) is 1. The molecule has 0 unspecified atom stereocenters. The van der Waals surface area contributed by atoms with Crippen LogP contribution in [-0.2, 0) is 11.3 Å². The number of carbonyl (C=O) groups excluding carboxylic acids is 1. The SMILES string of the molecule is CSc1cccc(-n2c(=O)c3sc4ncccc4c3n(CC(N)=O)c2=O)c1. The Morgan fingerprint density at radius 2 is 2.07 bits per heavy atom. The molecule has 0 aliphatic carbocycles. The topological polar surface area (TPSA) is 100.0 Å². The molecule has 136 valence electrons. The van der Waals surface area contributed by atoms with E-state index in [0.717, 1.165) is 9.46 Å². The van der Waals surface area contributed by atoms with Gasteiger partial charge in [-0.1, -0.05) is 6.07 Å². The number of hydrogen-bond donors (Lipinski definition) is 1. The molecule has 0 fully saturated rings. The zero-order chi connectivity index (χ0) is 19.1. The summed E-state index contributed by atoms with van der Waals surface area (Å²) < 4.78 is 2.70. The fourth-order valence-electron chi connectivity index (χ4n) is 3.02. The van der Waals surface area contributed by atoms with Crippen molar-refractivity contribution < 1.29 is 4.79 Å². The second-order valence-electron chi connectivity index (χ2n) is 5.81. The lowest BCUT2D eigenvalue weighted by Crippen LogP contribution is -2.40. The van der Waals surface area contributed by atoms with Crippen molar-refractivity contribution in [3.05, 3.63) is 63.4 Å². The van der Waals surface area contributed by atoms with Crippen molar-refractivity contribution in [1.29, 1.82) is 0 Å². The Morgan fingerprint density at radius 3 is 2.81 bits per heavy atom. The molecule has 4 rings (SSSR count). The number of amides is 1. The zero-order valence-corrected chi connectivity index (χ0v) is 15.8. The van der Waals surface area contributed by atoms with E-state index in [-0.39, 0.29) is 6.54 Å². The van der Waals surface area contributed by atoms with Gasteiger partial charge in [-0.05, 0) is 36.6 Å². The zero-order valence-electron chi connectivity index (χ0n) is 14.2. The van der Waals surface area contributed by atoms with Gasteiger partial charge in [0.25, 0.3) is 5.56 Å². The third-order valence-electron chi connectivity index (χ3n) is 4.16. The van der Waals surface area contributed by atoms with E-state index in [2.05, 4.69) is 4.98 Å². The monoisotopic (exact) mass is 398 g/mol. The van der Waals surface area contributed by atoms with E-state index in [4.69, 9.17) is 5.73 Å². The van der Waals surface area contributed by atoms with E-state index in [1.54, 1.807) is 36.5 Å². The van der Waals surface area contributed by atoms with E-state index >= 15 is 0 Å². The highest BCUT2D eigenvalue weighted by atomic mass is 32.2. The Balaban J connectivity index is 2.18. The molecule has 3 heterocycles. The first-order valence-corrected chi connectivity index (χ1v) is 10.0. The number of fused-ring (bicyclic) bond motifs is 3. The van der Waals surface area contributed by atoms with Gasteiger partial charge in [0.05, 0.1) is 11.2 Å². The van der Waals surface area contributed by atoms with Crippen LogP contribution in [0.15, 0.2) is 57.1 Å². The van der Waals surface area contributed by atoms with Crippen LogP contribution >= 0.6 is 23.1 Å². The number of nitrogens with zero attached hydrogens (tertiary/aromatic N) is 3. The number of benzene rings is 1. The van der Waals surface area contributed by atoms with Crippen LogP contribution in [0.4, 0.5) is 0 Å². The molecule has 27 heavy (non-hydrogen) atoms. The molecule has 0 spiro atoms. The molecule has 3 aromatic heterocycles. The Bertz CT molecular complexity index is 1320. The van der Waals surface area contributed by atoms with Gasteiger partial charge in [-0.25, -0.2) is 14.3 Å². The lowest BCUT2D eigenvalue weighted by atomic mass is 10.2. The predicted molar refractivity (Wildman–Crippen MR) is 108 cm³/mol. The summed E-state index contributed by atoms with van der Waals surface area (Å²) in [5.74, 6) is -0.662. The number of carbonyl (C=O) groups is 1. The van der Waals surface area contributed by atoms with Crippen LogP contribution in [0.3, 0.4) is 0 Å². The fraction of sp³-hybridized carbons (Fsp3) is 0.111. The van der Waals surface area contributed by atoms with Gasteiger partial charge in [0, 0.05) is 16.5 Å². The number of primary amides is 1. The maximum absolute atomic E-state index is 13.2. The molecule has 0 saturated carbocycles. The Labute approximate surface area is 161 Å². The lowest BCUT2D eigenvalue weighted by Gasteiger charge is -2.12. The van der Waals surface area contributed by atoms with Crippen LogP contribution in [-0.4, -0.2) is 26.3 Å². The van der Waals surface area contributed by atoms with Crippen LogP contribution in [0.2, 0.25) is 0 Å². The van der Waals surface area contributed by atoms with Crippen molar-refractivity contribution in [1.82, 2.24) is 14.1 Å². The molecular weight excluding hydrogens is 384 g/mol. The van der Waals surface area contributed by atoms with E-state index in [1.807, 2.05) is 12.3 Å². The second kappa shape index (κ2) is 6.67. The van der Waals surface area contributed by atoms with E-state index in [9.17, 15) is 14.4 Å². The van der Waals surface area contributed by atoms with Gasteiger partial charge in [0.1, 0.15) is 16.1 Å². The summed E-state index contributed by atoms with van der Waals surface area (Å²) in [5, 5.41) is 0.651. The average molecular weight is 398 g/mol. The minimum atomic E-state index is -0.662. The quantitative estimate of drug-likeness (QED) is 0.530. The standard InChI is InChI=1S/C18H14N4O3S2/c1-26-11-5-2-4-10(8-11)22-17(24)15-14(21(18(22)25)9-13(19)23)12-6-3-7-20-16(12)27-15/h2-8H,9H2,1H3,(H2,19,23).